The first-order valence-corrected chi connectivity index (χ1v) is 7.79. The molecule has 0 rings (SSSR count). The van der Waals surface area contributed by atoms with E-state index in [1.54, 1.807) is 0 Å². The number of ketones is 1. The van der Waals surface area contributed by atoms with E-state index in [4.69, 9.17) is 4.74 Å². The molecule has 1 unspecified atom stereocenters. The molecule has 0 aromatic heterocycles. The van der Waals surface area contributed by atoms with E-state index in [9.17, 15) is 9.59 Å². The van der Waals surface area contributed by atoms with E-state index in [2.05, 4.69) is 13.8 Å². The number of carbonyl (C=O) groups excluding carboxylic acids is 2. The predicted molar refractivity (Wildman–Crippen MR) is 78.1 cm³/mol. The van der Waals surface area contributed by atoms with Crippen molar-refractivity contribution < 1.29 is 14.3 Å². The highest BCUT2D eigenvalue weighted by Crippen LogP contribution is 2.13. The third kappa shape index (κ3) is 11.9. The van der Waals surface area contributed by atoms with Gasteiger partial charge in [0.2, 0.25) is 0 Å². The van der Waals surface area contributed by atoms with Gasteiger partial charge in [-0.2, -0.15) is 0 Å². The van der Waals surface area contributed by atoms with Gasteiger partial charge < -0.3 is 4.74 Å². The minimum absolute atomic E-state index is 0.206. The Labute approximate surface area is 118 Å². The normalized spacial score (nSPS) is 12.2. The first kappa shape index (κ1) is 18.1. The maximum absolute atomic E-state index is 11.8. The molecular formula is C16H30O3. The molecule has 0 aliphatic heterocycles. The minimum atomic E-state index is -0.278. The van der Waals surface area contributed by atoms with Crippen LogP contribution in [0.25, 0.3) is 0 Å². The molecule has 3 heteroatoms. The zero-order valence-corrected chi connectivity index (χ0v) is 12.9. The number of unbranched alkanes of at least 4 members (excludes halogenated alkanes) is 5. The minimum Gasteiger partial charge on any atom is -0.462 e. The van der Waals surface area contributed by atoms with Crippen LogP contribution >= 0.6 is 0 Å². The van der Waals surface area contributed by atoms with Gasteiger partial charge in [-0.3, -0.25) is 9.59 Å². The molecule has 3 nitrogen and oxygen atoms in total. The van der Waals surface area contributed by atoms with Gasteiger partial charge in [0.1, 0.15) is 11.9 Å². The van der Waals surface area contributed by atoms with Crippen LogP contribution in [0.1, 0.15) is 85.0 Å². The summed E-state index contributed by atoms with van der Waals surface area (Å²) >= 11 is 0. The second-order valence-electron chi connectivity index (χ2n) is 5.28. The molecule has 0 aliphatic carbocycles. The Morgan fingerprint density at radius 3 is 2.16 bits per heavy atom. The third-order valence-corrected chi connectivity index (χ3v) is 3.23. The molecule has 0 radical (unpaired) electrons. The van der Waals surface area contributed by atoms with Gasteiger partial charge in [0, 0.05) is 19.8 Å². The molecule has 0 saturated carbocycles. The summed E-state index contributed by atoms with van der Waals surface area (Å²) in [5.41, 5.74) is 0. The molecule has 0 spiro atoms. The Hall–Kier alpha value is -0.860. The topological polar surface area (TPSA) is 43.4 Å². The summed E-state index contributed by atoms with van der Waals surface area (Å²) in [5, 5.41) is 0. The summed E-state index contributed by atoms with van der Waals surface area (Å²) in [6.07, 6.45) is 9.39. The van der Waals surface area contributed by atoms with E-state index < -0.39 is 0 Å². The number of hydrogen-bond acceptors (Lipinski definition) is 3. The van der Waals surface area contributed by atoms with Gasteiger partial charge in [0.25, 0.3) is 0 Å². The first-order valence-electron chi connectivity index (χ1n) is 7.79. The monoisotopic (exact) mass is 270 g/mol. The van der Waals surface area contributed by atoms with E-state index in [0.29, 0.717) is 12.8 Å². The smallest absolute Gasteiger partial charge is 0.302 e. The molecule has 19 heavy (non-hydrogen) atoms. The van der Waals surface area contributed by atoms with Gasteiger partial charge in [0.15, 0.2) is 0 Å². The molecule has 1 atom stereocenters. The van der Waals surface area contributed by atoms with Crippen LogP contribution in [-0.2, 0) is 14.3 Å². The van der Waals surface area contributed by atoms with E-state index in [0.717, 1.165) is 38.5 Å². The molecule has 0 N–H and O–H groups in total. The lowest BCUT2D eigenvalue weighted by atomic mass is 10.0. The predicted octanol–water partition coefficient (Wildman–Crippen LogP) is 4.43. The van der Waals surface area contributed by atoms with Crippen molar-refractivity contribution in [2.45, 2.75) is 91.1 Å². The highest BCUT2D eigenvalue weighted by molar-refractivity contribution is 5.79. The Balaban J connectivity index is 3.93. The van der Waals surface area contributed by atoms with Crippen molar-refractivity contribution in [1.82, 2.24) is 0 Å². The van der Waals surface area contributed by atoms with Crippen molar-refractivity contribution in [3.63, 3.8) is 0 Å². The second kappa shape index (κ2) is 12.2. The van der Waals surface area contributed by atoms with Gasteiger partial charge in [-0.1, -0.05) is 46.0 Å². The molecule has 0 bridgehead atoms. The third-order valence-electron chi connectivity index (χ3n) is 3.23. The van der Waals surface area contributed by atoms with Gasteiger partial charge in [0.05, 0.1) is 0 Å². The van der Waals surface area contributed by atoms with Gasteiger partial charge in [-0.05, 0) is 19.3 Å². The van der Waals surface area contributed by atoms with Crippen LogP contribution in [0.3, 0.4) is 0 Å². The average Bonchev–Trinajstić information content (AvgIpc) is 2.34. The van der Waals surface area contributed by atoms with Crippen LogP contribution in [0.2, 0.25) is 0 Å². The number of ether oxygens (including phenoxy) is 1. The molecule has 0 aromatic carbocycles. The summed E-state index contributed by atoms with van der Waals surface area (Å²) in [6, 6.07) is 0. The van der Waals surface area contributed by atoms with E-state index >= 15 is 0 Å². The number of esters is 1. The highest BCUT2D eigenvalue weighted by Gasteiger charge is 2.16. The molecule has 0 saturated heterocycles. The van der Waals surface area contributed by atoms with E-state index in [-0.39, 0.29) is 17.9 Å². The second-order valence-corrected chi connectivity index (χ2v) is 5.28. The van der Waals surface area contributed by atoms with Crippen LogP contribution in [0.4, 0.5) is 0 Å². The molecule has 0 aliphatic rings. The van der Waals surface area contributed by atoms with Crippen LogP contribution in [0.15, 0.2) is 0 Å². The summed E-state index contributed by atoms with van der Waals surface area (Å²) in [6.45, 7) is 5.71. The number of Topliss-reactive ketones (excluding diaryl/α,β-unsaturated/α-hetero) is 1. The average molecular weight is 270 g/mol. The molecule has 0 fully saturated rings. The Morgan fingerprint density at radius 1 is 0.947 bits per heavy atom. The molecule has 112 valence electrons. The maximum Gasteiger partial charge on any atom is 0.302 e. The molecule has 0 amide bonds. The van der Waals surface area contributed by atoms with Crippen molar-refractivity contribution in [3.8, 4) is 0 Å². The van der Waals surface area contributed by atoms with Crippen LogP contribution in [0.5, 0.6) is 0 Å². The van der Waals surface area contributed by atoms with Crippen LogP contribution in [-0.4, -0.2) is 17.9 Å². The van der Waals surface area contributed by atoms with Crippen molar-refractivity contribution in [1.29, 1.82) is 0 Å². The molecule has 0 heterocycles. The lowest BCUT2D eigenvalue weighted by molar-refractivity contribution is -0.148. The summed E-state index contributed by atoms with van der Waals surface area (Å²) in [7, 11) is 0. The van der Waals surface area contributed by atoms with Crippen LogP contribution < -0.4 is 0 Å². The zero-order chi connectivity index (χ0) is 14.5. The highest BCUT2D eigenvalue weighted by atomic mass is 16.5. The maximum atomic E-state index is 11.8. The quantitative estimate of drug-likeness (QED) is 0.389. The Kier molecular flexibility index (Phi) is 11.6. The van der Waals surface area contributed by atoms with Crippen molar-refractivity contribution in [2.24, 2.45) is 0 Å². The van der Waals surface area contributed by atoms with Crippen molar-refractivity contribution in [3.05, 3.63) is 0 Å². The fourth-order valence-corrected chi connectivity index (χ4v) is 2.16. The lowest BCUT2D eigenvalue weighted by Crippen LogP contribution is -2.20. The number of carbonyl (C=O) groups is 2. The fraction of sp³-hybridized carbons (Fsp3) is 0.875. The SMILES string of the molecule is CCCCCCC(=O)CC(CCCCC)OC(C)=O. The van der Waals surface area contributed by atoms with E-state index in [1.807, 2.05) is 0 Å². The summed E-state index contributed by atoms with van der Waals surface area (Å²) in [4.78, 5) is 22.9. The molecular weight excluding hydrogens is 240 g/mol. The summed E-state index contributed by atoms with van der Waals surface area (Å²) in [5.74, 6) is -0.0425. The number of rotatable bonds is 12. The molecule has 0 aromatic rings. The summed E-state index contributed by atoms with van der Waals surface area (Å²) < 4.78 is 5.24. The number of hydrogen-bond donors (Lipinski definition) is 0. The lowest BCUT2D eigenvalue weighted by Gasteiger charge is -2.16. The first-order chi connectivity index (χ1) is 9.10. The largest absolute Gasteiger partial charge is 0.462 e. The van der Waals surface area contributed by atoms with Crippen LogP contribution in [0, 0.1) is 0 Å². The van der Waals surface area contributed by atoms with Gasteiger partial charge >= 0.3 is 5.97 Å². The van der Waals surface area contributed by atoms with Gasteiger partial charge in [-0.25, -0.2) is 0 Å². The van der Waals surface area contributed by atoms with E-state index in [1.165, 1.54) is 19.8 Å². The van der Waals surface area contributed by atoms with Crippen molar-refractivity contribution >= 4 is 11.8 Å². The van der Waals surface area contributed by atoms with Crippen molar-refractivity contribution in [2.75, 3.05) is 0 Å². The van der Waals surface area contributed by atoms with Gasteiger partial charge in [-0.15, -0.1) is 0 Å². The Morgan fingerprint density at radius 2 is 1.58 bits per heavy atom. The zero-order valence-electron chi connectivity index (χ0n) is 12.9. The standard InChI is InChI=1S/C16H30O3/c1-4-6-8-10-11-15(18)13-16(19-14(3)17)12-9-7-5-2/h16H,4-13H2,1-3H3. The fourth-order valence-electron chi connectivity index (χ4n) is 2.16. The Bertz CT molecular complexity index is 248.